The summed E-state index contributed by atoms with van der Waals surface area (Å²) in [6.07, 6.45) is 3.68. The third kappa shape index (κ3) is 3.20. The summed E-state index contributed by atoms with van der Waals surface area (Å²) in [5.41, 5.74) is 8.76. The molecule has 88 valence electrons. The van der Waals surface area contributed by atoms with Crippen LogP contribution < -0.4 is 5.73 Å². The number of benzene rings is 1. The molecular weight excluding hydrogens is 230 g/mol. The fraction of sp³-hybridized carbons (Fsp3) is 0.231. The molecule has 0 saturated carbocycles. The molecule has 0 bridgehead atoms. The number of thioether (sulfide) groups is 1. The van der Waals surface area contributed by atoms with Crippen LogP contribution in [0.4, 0.5) is 5.69 Å². The maximum absolute atomic E-state index is 5.66. The molecule has 1 aromatic carbocycles. The van der Waals surface area contributed by atoms with Crippen molar-refractivity contribution < 1.29 is 0 Å². The standard InChI is InChI=1S/C13H15N3S/c1-9-7-15-13(16-8-9)17-10(2)11-3-5-12(14)6-4-11/h3-8,10H,14H2,1-2H3. The molecule has 2 N–H and O–H groups in total. The van der Waals surface area contributed by atoms with E-state index in [9.17, 15) is 0 Å². The Labute approximate surface area is 105 Å². The van der Waals surface area contributed by atoms with Crippen molar-refractivity contribution >= 4 is 17.4 Å². The summed E-state index contributed by atoms with van der Waals surface area (Å²) < 4.78 is 0. The van der Waals surface area contributed by atoms with E-state index in [1.54, 1.807) is 11.8 Å². The number of aryl methyl sites for hydroxylation is 1. The number of anilines is 1. The van der Waals surface area contributed by atoms with E-state index in [1.807, 2.05) is 43.6 Å². The highest BCUT2D eigenvalue weighted by Crippen LogP contribution is 2.32. The summed E-state index contributed by atoms with van der Waals surface area (Å²) in [6.45, 7) is 4.12. The fourth-order valence-electron chi connectivity index (χ4n) is 1.43. The molecule has 2 aromatic rings. The molecule has 0 amide bonds. The van der Waals surface area contributed by atoms with Gasteiger partial charge in [-0.25, -0.2) is 9.97 Å². The summed E-state index contributed by atoms with van der Waals surface area (Å²) in [5.74, 6) is 0. The Morgan fingerprint density at radius 1 is 1.12 bits per heavy atom. The van der Waals surface area contributed by atoms with Crippen LogP contribution >= 0.6 is 11.8 Å². The molecule has 0 spiro atoms. The zero-order chi connectivity index (χ0) is 12.3. The van der Waals surface area contributed by atoms with Crippen molar-refractivity contribution in [3.8, 4) is 0 Å². The van der Waals surface area contributed by atoms with Crippen molar-refractivity contribution in [3.63, 3.8) is 0 Å². The fourth-order valence-corrected chi connectivity index (χ4v) is 2.27. The van der Waals surface area contributed by atoms with E-state index in [0.29, 0.717) is 5.25 Å². The lowest BCUT2D eigenvalue weighted by Gasteiger charge is -2.10. The lowest BCUT2D eigenvalue weighted by atomic mass is 10.1. The zero-order valence-corrected chi connectivity index (χ0v) is 10.7. The molecule has 0 aliphatic carbocycles. The van der Waals surface area contributed by atoms with Gasteiger partial charge < -0.3 is 5.73 Å². The highest BCUT2D eigenvalue weighted by atomic mass is 32.2. The predicted octanol–water partition coefficient (Wildman–Crippen LogP) is 3.22. The van der Waals surface area contributed by atoms with Gasteiger partial charge in [0.05, 0.1) is 0 Å². The van der Waals surface area contributed by atoms with Gasteiger partial charge in [-0.1, -0.05) is 23.9 Å². The molecule has 0 radical (unpaired) electrons. The van der Waals surface area contributed by atoms with Crippen LogP contribution in [0.2, 0.25) is 0 Å². The van der Waals surface area contributed by atoms with Crippen molar-refractivity contribution in [3.05, 3.63) is 47.8 Å². The van der Waals surface area contributed by atoms with Crippen LogP contribution in [0.15, 0.2) is 41.8 Å². The second-order valence-corrected chi connectivity index (χ2v) is 5.28. The van der Waals surface area contributed by atoms with Crippen LogP contribution in [0.3, 0.4) is 0 Å². The average molecular weight is 245 g/mol. The van der Waals surface area contributed by atoms with Crippen LogP contribution in [0, 0.1) is 6.92 Å². The van der Waals surface area contributed by atoms with Crippen molar-refractivity contribution in [1.82, 2.24) is 9.97 Å². The SMILES string of the molecule is Cc1cnc(SC(C)c2ccc(N)cc2)nc1. The number of nitrogens with zero attached hydrogens (tertiary/aromatic N) is 2. The van der Waals surface area contributed by atoms with Crippen molar-refractivity contribution in [2.75, 3.05) is 5.73 Å². The molecule has 0 aliphatic rings. The molecule has 1 heterocycles. The quantitative estimate of drug-likeness (QED) is 0.512. The molecule has 0 fully saturated rings. The topological polar surface area (TPSA) is 51.8 Å². The first-order valence-electron chi connectivity index (χ1n) is 5.46. The van der Waals surface area contributed by atoms with Gasteiger partial charge in [-0.2, -0.15) is 0 Å². The molecule has 1 aromatic heterocycles. The van der Waals surface area contributed by atoms with Gasteiger partial charge in [-0.15, -0.1) is 0 Å². The number of aromatic nitrogens is 2. The van der Waals surface area contributed by atoms with Crippen molar-refractivity contribution in [2.24, 2.45) is 0 Å². The Kier molecular flexibility index (Phi) is 3.64. The average Bonchev–Trinajstić information content (AvgIpc) is 2.33. The summed E-state index contributed by atoms with van der Waals surface area (Å²) in [5, 5.41) is 1.12. The summed E-state index contributed by atoms with van der Waals surface area (Å²) in [4.78, 5) is 8.58. The molecule has 1 unspecified atom stereocenters. The van der Waals surface area contributed by atoms with Gasteiger partial charge in [0.2, 0.25) is 0 Å². The Hall–Kier alpha value is -1.55. The van der Waals surface area contributed by atoms with E-state index in [1.165, 1.54) is 5.56 Å². The first-order valence-corrected chi connectivity index (χ1v) is 6.34. The van der Waals surface area contributed by atoms with Crippen LogP contribution in [0.25, 0.3) is 0 Å². The molecule has 0 saturated heterocycles. The first kappa shape index (κ1) is 11.9. The van der Waals surface area contributed by atoms with E-state index < -0.39 is 0 Å². The molecule has 4 heteroatoms. The monoisotopic (exact) mass is 245 g/mol. The molecule has 3 nitrogen and oxygen atoms in total. The summed E-state index contributed by atoms with van der Waals surface area (Å²) in [7, 11) is 0. The summed E-state index contributed by atoms with van der Waals surface area (Å²) in [6, 6.07) is 7.92. The largest absolute Gasteiger partial charge is 0.399 e. The second-order valence-electron chi connectivity index (χ2n) is 3.97. The first-order chi connectivity index (χ1) is 8.15. The van der Waals surface area contributed by atoms with Gasteiger partial charge in [0.15, 0.2) is 5.16 Å². The maximum atomic E-state index is 5.66. The Balaban J connectivity index is 2.08. The lowest BCUT2D eigenvalue weighted by Crippen LogP contribution is -1.93. The minimum absolute atomic E-state index is 0.318. The van der Waals surface area contributed by atoms with Gasteiger partial charge >= 0.3 is 0 Å². The van der Waals surface area contributed by atoms with E-state index in [4.69, 9.17) is 5.73 Å². The molecule has 2 rings (SSSR count). The van der Waals surface area contributed by atoms with Gasteiger partial charge in [0.1, 0.15) is 0 Å². The number of hydrogen-bond donors (Lipinski definition) is 1. The Morgan fingerprint density at radius 2 is 1.71 bits per heavy atom. The lowest BCUT2D eigenvalue weighted by molar-refractivity contribution is 0.937. The minimum atomic E-state index is 0.318. The van der Waals surface area contributed by atoms with Gasteiger partial charge in [-0.05, 0) is 37.1 Å². The van der Waals surface area contributed by atoms with Crippen molar-refractivity contribution in [2.45, 2.75) is 24.3 Å². The smallest absolute Gasteiger partial charge is 0.188 e. The van der Waals surface area contributed by atoms with E-state index in [-0.39, 0.29) is 0 Å². The van der Waals surface area contributed by atoms with Gasteiger partial charge in [0.25, 0.3) is 0 Å². The highest BCUT2D eigenvalue weighted by molar-refractivity contribution is 7.99. The van der Waals surface area contributed by atoms with E-state index >= 15 is 0 Å². The maximum Gasteiger partial charge on any atom is 0.188 e. The number of rotatable bonds is 3. The normalized spacial score (nSPS) is 12.4. The Bertz CT molecular complexity index is 479. The zero-order valence-electron chi connectivity index (χ0n) is 9.92. The third-order valence-corrected chi connectivity index (χ3v) is 3.49. The highest BCUT2D eigenvalue weighted by Gasteiger charge is 2.08. The van der Waals surface area contributed by atoms with Crippen LogP contribution in [-0.2, 0) is 0 Å². The van der Waals surface area contributed by atoms with Crippen LogP contribution in [0.1, 0.15) is 23.3 Å². The molecule has 17 heavy (non-hydrogen) atoms. The number of nitrogens with two attached hydrogens (primary N) is 1. The number of hydrogen-bond acceptors (Lipinski definition) is 4. The predicted molar refractivity (Wildman–Crippen MR) is 71.9 cm³/mol. The second kappa shape index (κ2) is 5.19. The molecular formula is C13H15N3S. The third-order valence-electron chi connectivity index (χ3n) is 2.45. The van der Waals surface area contributed by atoms with Crippen LogP contribution in [0.5, 0.6) is 0 Å². The van der Waals surface area contributed by atoms with Gasteiger partial charge in [0, 0.05) is 23.3 Å². The van der Waals surface area contributed by atoms with E-state index in [0.717, 1.165) is 16.4 Å². The molecule has 1 atom stereocenters. The van der Waals surface area contributed by atoms with Crippen LogP contribution in [-0.4, -0.2) is 9.97 Å². The Morgan fingerprint density at radius 3 is 2.29 bits per heavy atom. The van der Waals surface area contributed by atoms with Crippen molar-refractivity contribution in [1.29, 1.82) is 0 Å². The molecule has 0 aliphatic heterocycles. The minimum Gasteiger partial charge on any atom is -0.399 e. The summed E-state index contributed by atoms with van der Waals surface area (Å²) >= 11 is 1.65. The van der Waals surface area contributed by atoms with Gasteiger partial charge in [-0.3, -0.25) is 0 Å². The number of nitrogen functional groups attached to an aromatic ring is 1. The van der Waals surface area contributed by atoms with E-state index in [2.05, 4.69) is 16.9 Å².